The standard InChI is InChI=1S/C22H25N5O4/c1-15-19(16(2)26(24-15)17-8-6-5-7-9-17)13-25(3)14-22(28)23-20-11-10-18(27(29)30)12-21(20)31-4/h5-12H,13-14H2,1-4H3,(H,23,28)/p+1. The number of rotatable bonds is 8. The average molecular weight is 424 g/mol. The van der Waals surface area contributed by atoms with Crippen molar-refractivity contribution in [3.05, 3.63) is 75.6 Å². The Kier molecular flexibility index (Phi) is 6.66. The first-order valence-corrected chi connectivity index (χ1v) is 9.84. The van der Waals surface area contributed by atoms with E-state index in [1.54, 1.807) is 0 Å². The molecule has 162 valence electrons. The summed E-state index contributed by atoms with van der Waals surface area (Å²) in [5.41, 5.74) is 4.37. The van der Waals surface area contributed by atoms with E-state index in [-0.39, 0.29) is 23.9 Å². The molecule has 0 fully saturated rings. The van der Waals surface area contributed by atoms with Gasteiger partial charge in [-0.15, -0.1) is 0 Å². The van der Waals surface area contributed by atoms with Gasteiger partial charge >= 0.3 is 0 Å². The molecule has 9 heteroatoms. The van der Waals surface area contributed by atoms with Gasteiger partial charge in [-0.3, -0.25) is 14.9 Å². The number of non-ortho nitro benzene ring substituents is 1. The molecule has 0 saturated heterocycles. The molecular weight excluding hydrogens is 398 g/mol. The van der Waals surface area contributed by atoms with Crippen LogP contribution in [0.2, 0.25) is 0 Å². The molecule has 1 aromatic heterocycles. The molecule has 31 heavy (non-hydrogen) atoms. The van der Waals surface area contributed by atoms with Crippen LogP contribution in [0.3, 0.4) is 0 Å². The number of nitrogens with one attached hydrogen (secondary N) is 2. The van der Waals surface area contributed by atoms with Crippen molar-refractivity contribution in [2.45, 2.75) is 20.4 Å². The SMILES string of the molecule is COc1cc([N+](=O)[O-])ccc1NC(=O)C[NH+](C)Cc1c(C)nn(-c2ccccc2)c1C. The molecule has 0 bridgehead atoms. The number of nitro groups is 1. The predicted molar refractivity (Wildman–Crippen MR) is 117 cm³/mol. The van der Waals surface area contributed by atoms with Gasteiger partial charge in [0.1, 0.15) is 12.3 Å². The summed E-state index contributed by atoms with van der Waals surface area (Å²) in [5.74, 6) is 0.0337. The summed E-state index contributed by atoms with van der Waals surface area (Å²) >= 11 is 0. The number of benzene rings is 2. The first-order valence-electron chi connectivity index (χ1n) is 9.84. The van der Waals surface area contributed by atoms with Crippen LogP contribution < -0.4 is 15.0 Å². The quantitative estimate of drug-likeness (QED) is 0.426. The molecule has 0 aliphatic carbocycles. The van der Waals surface area contributed by atoms with E-state index in [4.69, 9.17) is 4.74 Å². The Morgan fingerprint density at radius 2 is 1.94 bits per heavy atom. The third-order valence-corrected chi connectivity index (χ3v) is 5.05. The van der Waals surface area contributed by atoms with Crippen molar-refractivity contribution in [3.63, 3.8) is 0 Å². The number of methoxy groups -OCH3 is 1. The highest BCUT2D eigenvalue weighted by atomic mass is 16.6. The highest BCUT2D eigenvalue weighted by Gasteiger charge is 2.19. The van der Waals surface area contributed by atoms with Gasteiger partial charge in [-0.2, -0.15) is 5.10 Å². The lowest BCUT2D eigenvalue weighted by molar-refractivity contribution is -0.885. The Hall–Kier alpha value is -3.72. The van der Waals surface area contributed by atoms with Crippen LogP contribution in [-0.4, -0.2) is 41.3 Å². The number of hydrogen-bond donors (Lipinski definition) is 2. The summed E-state index contributed by atoms with van der Waals surface area (Å²) in [6, 6.07) is 14.0. The molecule has 0 aliphatic rings. The number of amides is 1. The highest BCUT2D eigenvalue weighted by molar-refractivity contribution is 5.93. The molecule has 1 amide bonds. The molecule has 0 saturated carbocycles. The Morgan fingerprint density at radius 3 is 2.58 bits per heavy atom. The Labute approximate surface area is 180 Å². The number of hydrogen-bond acceptors (Lipinski definition) is 5. The molecule has 0 radical (unpaired) electrons. The number of nitro benzene ring substituents is 1. The number of likely N-dealkylation sites (N-methyl/N-ethyl adjacent to an activating group) is 1. The van der Waals surface area contributed by atoms with Gasteiger partial charge in [0.2, 0.25) is 0 Å². The van der Waals surface area contributed by atoms with Crippen LogP contribution in [0.5, 0.6) is 5.75 Å². The third kappa shape index (κ3) is 5.07. The van der Waals surface area contributed by atoms with Crippen LogP contribution in [0.4, 0.5) is 11.4 Å². The van der Waals surface area contributed by atoms with Gasteiger partial charge < -0.3 is 15.0 Å². The number of nitrogens with zero attached hydrogens (tertiary/aromatic N) is 3. The van der Waals surface area contributed by atoms with E-state index in [0.29, 0.717) is 12.2 Å². The van der Waals surface area contributed by atoms with Crippen molar-refractivity contribution in [1.82, 2.24) is 9.78 Å². The molecule has 1 heterocycles. The summed E-state index contributed by atoms with van der Waals surface area (Å²) in [5, 5.41) is 18.4. The summed E-state index contributed by atoms with van der Waals surface area (Å²) < 4.78 is 7.09. The Bertz CT molecular complexity index is 1090. The fourth-order valence-electron chi connectivity index (χ4n) is 3.48. The number of aromatic nitrogens is 2. The maximum Gasteiger partial charge on any atom is 0.279 e. The molecule has 3 rings (SSSR count). The van der Waals surface area contributed by atoms with Crippen LogP contribution in [0.15, 0.2) is 48.5 Å². The zero-order chi connectivity index (χ0) is 22.5. The normalized spacial score (nSPS) is 11.7. The van der Waals surface area contributed by atoms with Crippen molar-refractivity contribution < 1.29 is 19.4 Å². The van der Waals surface area contributed by atoms with E-state index in [1.807, 2.05) is 55.9 Å². The van der Waals surface area contributed by atoms with E-state index in [0.717, 1.165) is 27.5 Å². The fourth-order valence-corrected chi connectivity index (χ4v) is 3.48. The minimum absolute atomic E-state index is 0.0982. The molecule has 1 atom stereocenters. The minimum Gasteiger partial charge on any atom is -0.494 e. The topological polar surface area (TPSA) is 104 Å². The second-order valence-corrected chi connectivity index (χ2v) is 7.40. The first kappa shape index (κ1) is 22.0. The van der Waals surface area contributed by atoms with Gasteiger partial charge in [-0.1, -0.05) is 18.2 Å². The summed E-state index contributed by atoms with van der Waals surface area (Å²) in [6.07, 6.45) is 0. The van der Waals surface area contributed by atoms with Gasteiger partial charge in [0.15, 0.2) is 6.54 Å². The van der Waals surface area contributed by atoms with E-state index < -0.39 is 4.92 Å². The predicted octanol–water partition coefficient (Wildman–Crippen LogP) is 2.06. The van der Waals surface area contributed by atoms with E-state index in [9.17, 15) is 14.9 Å². The molecular formula is C22H26N5O4+. The second-order valence-electron chi connectivity index (χ2n) is 7.40. The van der Waals surface area contributed by atoms with Crippen LogP contribution >= 0.6 is 0 Å². The number of para-hydroxylation sites is 1. The van der Waals surface area contributed by atoms with Crippen molar-refractivity contribution >= 4 is 17.3 Å². The lowest BCUT2D eigenvalue weighted by Gasteiger charge is -2.15. The van der Waals surface area contributed by atoms with Gasteiger partial charge in [-0.25, -0.2) is 4.68 Å². The number of aryl methyl sites for hydroxylation is 1. The number of ether oxygens (including phenoxy) is 1. The van der Waals surface area contributed by atoms with Gasteiger partial charge in [0.05, 0.1) is 53.5 Å². The second kappa shape index (κ2) is 9.40. The molecule has 0 spiro atoms. The van der Waals surface area contributed by atoms with E-state index in [1.165, 1.54) is 25.3 Å². The number of carbonyl (C=O) groups is 1. The van der Waals surface area contributed by atoms with E-state index in [2.05, 4.69) is 10.4 Å². The summed E-state index contributed by atoms with van der Waals surface area (Å²) in [4.78, 5) is 24.0. The maximum absolute atomic E-state index is 12.6. The highest BCUT2D eigenvalue weighted by Crippen LogP contribution is 2.28. The Balaban J connectivity index is 1.68. The minimum atomic E-state index is -0.508. The van der Waals surface area contributed by atoms with Crippen molar-refractivity contribution in [2.75, 3.05) is 26.0 Å². The van der Waals surface area contributed by atoms with Crippen LogP contribution in [0.25, 0.3) is 5.69 Å². The first-order chi connectivity index (χ1) is 14.8. The zero-order valence-corrected chi connectivity index (χ0v) is 18.0. The average Bonchev–Trinajstić information content (AvgIpc) is 3.02. The van der Waals surface area contributed by atoms with Crippen LogP contribution in [0.1, 0.15) is 17.0 Å². The van der Waals surface area contributed by atoms with Crippen molar-refractivity contribution in [1.29, 1.82) is 0 Å². The summed E-state index contributed by atoms with van der Waals surface area (Å²) in [7, 11) is 3.34. The summed E-state index contributed by atoms with van der Waals surface area (Å²) in [6.45, 7) is 4.85. The largest absolute Gasteiger partial charge is 0.494 e. The van der Waals surface area contributed by atoms with Gasteiger partial charge in [0.25, 0.3) is 11.6 Å². The van der Waals surface area contributed by atoms with Crippen molar-refractivity contribution in [3.8, 4) is 11.4 Å². The molecule has 9 nitrogen and oxygen atoms in total. The molecule has 2 N–H and O–H groups in total. The fraction of sp³-hybridized carbons (Fsp3) is 0.273. The van der Waals surface area contributed by atoms with Crippen molar-refractivity contribution in [2.24, 2.45) is 0 Å². The molecule has 2 aromatic carbocycles. The lowest BCUT2D eigenvalue weighted by Crippen LogP contribution is -3.08. The number of carbonyl (C=O) groups excluding carboxylic acids is 1. The lowest BCUT2D eigenvalue weighted by atomic mass is 10.2. The number of quaternary nitrogens is 1. The Morgan fingerprint density at radius 1 is 1.23 bits per heavy atom. The van der Waals surface area contributed by atoms with E-state index >= 15 is 0 Å². The molecule has 3 aromatic rings. The number of anilines is 1. The smallest absolute Gasteiger partial charge is 0.279 e. The van der Waals surface area contributed by atoms with Gasteiger partial charge in [0, 0.05) is 6.07 Å². The van der Waals surface area contributed by atoms with Gasteiger partial charge in [-0.05, 0) is 32.0 Å². The zero-order valence-electron chi connectivity index (χ0n) is 18.0. The van der Waals surface area contributed by atoms with Crippen LogP contribution in [0, 0.1) is 24.0 Å². The molecule has 1 unspecified atom stereocenters. The monoisotopic (exact) mass is 424 g/mol. The molecule has 0 aliphatic heterocycles. The maximum atomic E-state index is 12.6. The third-order valence-electron chi connectivity index (χ3n) is 5.05. The van der Waals surface area contributed by atoms with Crippen LogP contribution in [-0.2, 0) is 11.3 Å².